The molecule has 88 valence electrons. The lowest BCUT2D eigenvalue weighted by molar-refractivity contribution is -0.130. The molecule has 1 amide bonds. The highest BCUT2D eigenvalue weighted by Crippen LogP contribution is 2.24. The van der Waals surface area contributed by atoms with Gasteiger partial charge in [-0.1, -0.05) is 50.2 Å². The predicted molar refractivity (Wildman–Crippen MR) is 67.6 cm³/mol. The Bertz CT molecular complexity index is 529. The van der Waals surface area contributed by atoms with E-state index < -0.39 is 0 Å². The number of hydrogen-bond donors (Lipinski definition) is 1. The molecule has 0 spiro atoms. The normalized spacial score (nSPS) is 10.5. The summed E-state index contributed by atoms with van der Waals surface area (Å²) in [6.45, 7) is 3.64. The molecule has 2 rings (SSSR count). The van der Waals surface area contributed by atoms with Gasteiger partial charge in [-0.05, 0) is 11.5 Å². The Labute approximate surface area is 100 Å². The summed E-state index contributed by atoms with van der Waals surface area (Å²) in [4.78, 5) is 16.8. The van der Waals surface area contributed by atoms with E-state index in [2.05, 4.69) is 5.48 Å². The van der Waals surface area contributed by atoms with E-state index in [1.165, 1.54) is 0 Å². The van der Waals surface area contributed by atoms with Crippen LogP contribution in [-0.4, -0.2) is 5.91 Å². The van der Waals surface area contributed by atoms with E-state index in [0.717, 1.165) is 10.8 Å². The summed E-state index contributed by atoms with van der Waals surface area (Å²) in [5.74, 6) is 0.444. The lowest BCUT2D eigenvalue weighted by Gasteiger charge is -2.10. The average molecular weight is 229 g/mol. The summed E-state index contributed by atoms with van der Waals surface area (Å²) in [5, 5.41) is 2.07. The number of rotatable bonds is 3. The molecule has 0 bridgehead atoms. The number of amides is 1. The van der Waals surface area contributed by atoms with Crippen LogP contribution in [0.15, 0.2) is 42.5 Å². The molecule has 1 N–H and O–H groups in total. The zero-order valence-corrected chi connectivity index (χ0v) is 9.94. The van der Waals surface area contributed by atoms with Gasteiger partial charge in [0.25, 0.3) is 5.91 Å². The highest BCUT2D eigenvalue weighted by Gasteiger charge is 2.08. The molecular weight excluding hydrogens is 214 g/mol. The van der Waals surface area contributed by atoms with Crippen molar-refractivity contribution >= 4 is 16.7 Å². The fourth-order valence-corrected chi connectivity index (χ4v) is 1.51. The zero-order chi connectivity index (χ0) is 12.3. The molecule has 0 saturated carbocycles. The summed E-state index contributed by atoms with van der Waals surface area (Å²) < 4.78 is 0. The molecule has 3 heteroatoms. The van der Waals surface area contributed by atoms with Gasteiger partial charge in [-0.2, -0.15) is 5.48 Å². The highest BCUT2D eigenvalue weighted by molar-refractivity contribution is 5.88. The first-order valence-electron chi connectivity index (χ1n) is 5.63. The lowest BCUT2D eigenvalue weighted by Crippen LogP contribution is -2.30. The first-order valence-corrected chi connectivity index (χ1v) is 5.63. The summed E-state index contributed by atoms with van der Waals surface area (Å²) >= 11 is 0. The van der Waals surface area contributed by atoms with Crippen LogP contribution in [-0.2, 0) is 4.79 Å². The molecule has 0 atom stereocenters. The number of benzene rings is 2. The van der Waals surface area contributed by atoms with E-state index in [1.807, 2.05) is 56.3 Å². The van der Waals surface area contributed by atoms with Crippen molar-refractivity contribution in [2.75, 3.05) is 0 Å². The molecule has 17 heavy (non-hydrogen) atoms. The maximum absolute atomic E-state index is 11.4. The largest absolute Gasteiger partial charge is 0.379 e. The Morgan fingerprint density at radius 2 is 1.82 bits per heavy atom. The van der Waals surface area contributed by atoms with Crippen LogP contribution in [0.1, 0.15) is 13.8 Å². The minimum absolute atomic E-state index is 0.0926. The monoisotopic (exact) mass is 229 g/mol. The molecule has 0 unspecified atom stereocenters. The number of hydroxylamine groups is 1. The van der Waals surface area contributed by atoms with Gasteiger partial charge < -0.3 is 4.84 Å². The van der Waals surface area contributed by atoms with Gasteiger partial charge in [0.15, 0.2) is 5.75 Å². The minimum Gasteiger partial charge on any atom is -0.379 e. The van der Waals surface area contributed by atoms with Gasteiger partial charge in [0.1, 0.15) is 0 Å². The second-order valence-electron chi connectivity index (χ2n) is 4.20. The predicted octanol–water partition coefficient (Wildman–Crippen LogP) is 2.91. The summed E-state index contributed by atoms with van der Waals surface area (Å²) in [6, 6.07) is 13.6. The molecule has 0 fully saturated rings. The van der Waals surface area contributed by atoms with Crippen molar-refractivity contribution in [3.05, 3.63) is 42.5 Å². The van der Waals surface area contributed by atoms with E-state index in [4.69, 9.17) is 4.84 Å². The fourth-order valence-electron chi connectivity index (χ4n) is 1.51. The standard InChI is InChI=1S/C14H15NO2/c1-10(2)14(16)15-17-13-9-5-7-11-6-3-4-8-12(11)13/h3-10H,1-2H3,(H,15,16). The maximum atomic E-state index is 11.4. The van der Waals surface area contributed by atoms with Crippen molar-refractivity contribution in [1.29, 1.82) is 0 Å². The Morgan fingerprint density at radius 3 is 2.59 bits per heavy atom. The highest BCUT2D eigenvalue weighted by atomic mass is 16.7. The van der Waals surface area contributed by atoms with Gasteiger partial charge >= 0.3 is 0 Å². The van der Waals surface area contributed by atoms with E-state index in [-0.39, 0.29) is 11.8 Å². The van der Waals surface area contributed by atoms with Gasteiger partial charge in [0, 0.05) is 11.3 Å². The average Bonchev–Trinajstić information content (AvgIpc) is 2.35. The third kappa shape index (κ3) is 2.56. The van der Waals surface area contributed by atoms with E-state index in [9.17, 15) is 4.79 Å². The van der Waals surface area contributed by atoms with E-state index in [1.54, 1.807) is 0 Å². The molecule has 2 aromatic carbocycles. The maximum Gasteiger partial charge on any atom is 0.255 e. The molecule has 0 saturated heterocycles. The van der Waals surface area contributed by atoms with Gasteiger partial charge in [0.2, 0.25) is 0 Å². The van der Waals surface area contributed by atoms with Crippen molar-refractivity contribution in [2.24, 2.45) is 5.92 Å². The molecule has 0 radical (unpaired) electrons. The third-order valence-corrected chi connectivity index (χ3v) is 2.54. The summed E-state index contributed by atoms with van der Waals surface area (Å²) in [6.07, 6.45) is 0. The first-order chi connectivity index (χ1) is 8.18. The van der Waals surface area contributed by atoms with Crippen LogP contribution in [0.4, 0.5) is 0 Å². The molecule has 0 aliphatic heterocycles. The van der Waals surface area contributed by atoms with E-state index in [0.29, 0.717) is 5.75 Å². The van der Waals surface area contributed by atoms with Crippen LogP contribution in [0.2, 0.25) is 0 Å². The summed E-state index contributed by atoms with van der Waals surface area (Å²) in [5.41, 5.74) is 2.45. The molecular formula is C14H15NO2. The van der Waals surface area contributed by atoms with Gasteiger partial charge in [-0.25, -0.2) is 0 Å². The van der Waals surface area contributed by atoms with Crippen LogP contribution in [0.25, 0.3) is 10.8 Å². The van der Waals surface area contributed by atoms with Gasteiger partial charge in [-0.3, -0.25) is 4.79 Å². The number of carbonyl (C=O) groups is 1. The molecule has 0 aromatic heterocycles. The second-order valence-corrected chi connectivity index (χ2v) is 4.20. The smallest absolute Gasteiger partial charge is 0.255 e. The minimum atomic E-state index is -0.127. The number of carbonyl (C=O) groups excluding carboxylic acids is 1. The number of nitrogens with one attached hydrogen (secondary N) is 1. The van der Waals surface area contributed by atoms with Crippen LogP contribution in [0.5, 0.6) is 5.75 Å². The van der Waals surface area contributed by atoms with Gasteiger partial charge in [-0.15, -0.1) is 0 Å². The quantitative estimate of drug-likeness (QED) is 0.822. The van der Waals surface area contributed by atoms with Crippen molar-refractivity contribution in [3.8, 4) is 5.75 Å². The second kappa shape index (κ2) is 4.87. The Balaban J connectivity index is 2.21. The SMILES string of the molecule is CC(C)C(=O)NOc1cccc2ccccc12. The Hall–Kier alpha value is -2.03. The van der Waals surface area contributed by atoms with Crippen molar-refractivity contribution < 1.29 is 9.63 Å². The van der Waals surface area contributed by atoms with Crippen LogP contribution in [0, 0.1) is 5.92 Å². The first kappa shape index (κ1) is 11.5. The Kier molecular flexibility index (Phi) is 3.28. The van der Waals surface area contributed by atoms with Gasteiger partial charge in [0.05, 0.1) is 0 Å². The van der Waals surface area contributed by atoms with Crippen molar-refractivity contribution in [2.45, 2.75) is 13.8 Å². The van der Waals surface area contributed by atoms with E-state index >= 15 is 0 Å². The van der Waals surface area contributed by atoms with Crippen LogP contribution in [0.3, 0.4) is 0 Å². The van der Waals surface area contributed by atoms with Crippen molar-refractivity contribution in [3.63, 3.8) is 0 Å². The topological polar surface area (TPSA) is 38.3 Å². The molecule has 0 aliphatic rings. The van der Waals surface area contributed by atoms with Crippen molar-refractivity contribution in [1.82, 2.24) is 5.48 Å². The lowest BCUT2D eigenvalue weighted by atomic mass is 10.1. The van der Waals surface area contributed by atoms with Crippen LogP contribution < -0.4 is 10.3 Å². The number of hydrogen-bond acceptors (Lipinski definition) is 2. The fraction of sp³-hybridized carbons (Fsp3) is 0.214. The third-order valence-electron chi connectivity index (χ3n) is 2.54. The number of fused-ring (bicyclic) bond motifs is 1. The zero-order valence-electron chi connectivity index (χ0n) is 9.94. The molecule has 0 aliphatic carbocycles. The molecule has 0 heterocycles. The van der Waals surface area contributed by atoms with Crippen LogP contribution >= 0.6 is 0 Å². The summed E-state index contributed by atoms with van der Waals surface area (Å²) in [7, 11) is 0. The molecule has 3 nitrogen and oxygen atoms in total. The Morgan fingerprint density at radius 1 is 1.12 bits per heavy atom. The molecule has 2 aromatic rings.